The number of amides is 1. The molecule has 32 heavy (non-hydrogen) atoms. The molecule has 0 spiro atoms. The zero-order valence-corrected chi connectivity index (χ0v) is 18.2. The topological polar surface area (TPSA) is 72.9 Å². The van der Waals surface area contributed by atoms with Gasteiger partial charge in [0.15, 0.2) is 0 Å². The molecule has 0 radical (unpaired) electrons. The number of hydrogen-bond acceptors (Lipinski definition) is 5. The summed E-state index contributed by atoms with van der Waals surface area (Å²) in [5.41, 5.74) is 1.21. The van der Waals surface area contributed by atoms with Gasteiger partial charge in [-0.2, -0.15) is 8.42 Å². The quantitative estimate of drug-likeness (QED) is 0.471. The van der Waals surface area contributed by atoms with Crippen LogP contribution in [0.15, 0.2) is 77.7 Å². The van der Waals surface area contributed by atoms with Crippen LogP contribution in [0, 0.1) is 5.82 Å². The number of benzene rings is 3. The molecule has 0 N–H and O–H groups in total. The van der Waals surface area contributed by atoms with Gasteiger partial charge in [-0.15, -0.1) is 0 Å². The van der Waals surface area contributed by atoms with Crippen molar-refractivity contribution in [2.45, 2.75) is 30.3 Å². The van der Waals surface area contributed by atoms with Crippen LogP contribution in [0.2, 0.25) is 0 Å². The van der Waals surface area contributed by atoms with Gasteiger partial charge in [0.2, 0.25) is 0 Å². The number of methoxy groups -OCH3 is 1. The molecule has 1 aliphatic rings. The van der Waals surface area contributed by atoms with Crippen molar-refractivity contribution in [3.8, 4) is 11.5 Å². The number of hydrogen-bond donors (Lipinski definition) is 0. The maximum Gasteiger partial charge on any atom is 0.339 e. The van der Waals surface area contributed by atoms with Gasteiger partial charge in [-0.3, -0.25) is 4.79 Å². The Morgan fingerprint density at radius 3 is 2.44 bits per heavy atom. The minimum absolute atomic E-state index is 0.118. The molecule has 0 unspecified atom stereocenters. The molecule has 0 atom stereocenters. The molecule has 4 rings (SSSR count). The molecule has 0 saturated heterocycles. The van der Waals surface area contributed by atoms with Gasteiger partial charge in [-0.25, -0.2) is 4.39 Å². The van der Waals surface area contributed by atoms with Gasteiger partial charge in [0.05, 0.1) is 12.7 Å². The lowest BCUT2D eigenvalue weighted by Crippen LogP contribution is -2.32. The van der Waals surface area contributed by atoms with E-state index in [0.717, 1.165) is 42.7 Å². The summed E-state index contributed by atoms with van der Waals surface area (Å²) < 4.78 is 48.7. The summed E-state index contributed by atoms with van der Waals surface area (Å²) in [5.74, 6) is -0.0565. The number of carbonyl (C=O) groups excluding carboxylic acids is 1. The second-order valence-electron chi connectivity index (χ2n) is 7.50. The van der Waals surface area contributed by atoms with E-state index in [1.165, 1.54) is 13.2 Å². The van der Waals surface area contributed by atoms with Crippen LogP contribution in [0.3, 0.4) is 0 Å². The summed E-state index contributed by atoms with van der Waals surface area (Å²) in [6.07, 6.45) is 1.83. The van der Waals surface area contributed by atoms with Crippen molar-refractivity contribution in [2.75, 3.05) is 7.11 Å². The van der Waals surface area contributed by atoms with Gasteiger partial charge >= 0.3 is 10.1 Å². The SMILES string of the molecule is COc1ccccc1C(=O)N(Cc1cccc(OS(=O)(=O)c2ccc(F)cc2)c1)C1CC1. The second-order valence-corrected chi connectivity index (χ2v) is 9.05. The molecule has 3 aromatic carbocycles. The van der Waals surface area contributed by atoms with E-state index in [1.807, 2.05) is 6.07 Å². The Morgan fingerprint density at radius 2 is 1.75 bits per heavy atom. The highest BCUT2D eigenvalue weighted by Gasteiger charge is 2.34. The lowest BCUT2D eigenvalue weighted by atomic mass is 10.1. The molecule has 1 aliphatic carbocycles. The van der Waals surface area contributed by atoms with Crippen LogP contribution in [0.4, 0.5) is 4.39 Å². The average Bonchev–Trinajstić information content (AvgIpc) is 3.62. The molecule has 1 amide bonds. The monoisotopic (exact) mass is 455 g/mol. The van der Waals surface area contributed by atoms with E-state index in [9.17, 15) is 17.6 Å². The van der Waals surface area contributed by atoms with Crippen LogP contribution < -0.4 is 8.92 Å². The van der Waals surface area contributed by atoms with Gasteiger partial charge in [0.25, 0.3) is 5.91 Å². The first kappa shape index (κ1) is 21.8. The summed E-state index contributed by atoms with van der Waals surface area (Å²) in [6, 6.07) is 18.2. The first-order valence-corrected chi connectivity index (χ1v) is 11.5. The van der Waals surface area contributed by atoms with E-state index in [1.54, 1.807) is 41.3 Å². The van der Waals surface area contributed by atoms with Gasteiger partial charge in [-0.05, 0) is 66.9 Å². The van der Waals surface area contributed by atoms with Crippen molar-refractivity contribution < 1.29 is 26.5 Å². The Morgan fingerprint density at radius 1 is 1.03 bits per heavy atom. The summed E-state index contributed by atoms with van der Waals surface area (Å²) in [6.45, 7) is 0.301. The van der Waals surface area contributed by atoms with Crippen LogP contribution in [0.5, 0.6) is 11.5 Å². The highest BCUT2D eigenvalue weighted by Crippen LogP contribution is 2.32. The molecule has 6 nitrogen and oxygen atoms in total. The number of rotatable bonds is 8. The third-order valence-corrected chi connectivity index (χ3v) is 6.41. The van der Waals surface area contributed by atoms with Gasteiger partial charge in [0, 0.05) is 12.6 Å². The zero-order valence-electron chi connectivity index (χ0n) is 17.4. The summed E-state index contributed by atoms with van der Waals surface area (Å²) in [4.78, 5) is 14.9. The first-order valence-electron chi connectivity index (χ1n) is 10.1. The molecule has 3 aromatic rings. The van der Waals surface area contributed by atoms with Gasteiger partial charge in [-0.1, -0.05) is 24.3 Å². The summed E-state index contributed by atoms with van der Waals surface area (Å²) in [5, 5.41) is 0. The Bertz CT molecular complexity index is 1220. The fourth-order valence-corrected chi connectivity index (χ4v) is 4.32. The number of ether oxygens (including phenoxy) is 1. The second kappa shape index (κ2) is 9.00. The normalized spacial score (nSPS) is 13.4. The Kier molecular flexibility index (Phi) is 6.14. The standard InChI is InChI=1S/C24H22FNO5S/c1-30-23-8-3-2-7-22(23)24(27)26(19-11-12-19)16-17-5-4-6-20(15-17)31-32(28,29)21-13-9-18(25)10-14-21/h2-10,13-15,19H,11-12,16H2,1H3. The van der Waals surface area contributed by atoms with E-state index in [2.05, 4.69) is 0 Å². The number of nitrogens with zero attached hydrogens (tertiary/aromatic N) is 1. The fraction of sp³-hybridized carbons (Fsp3) is 0.208. The van der Waals surface area contributed by atoms with Crippen molar-refractivity contribution in [2.24, 2.45) is 0 Å². The minimum atomic E-state index is -4.11. The van der Waals surface area contributed by atoms with Crippen LogP contribution >= 0.6 is 0 Å². The molecular weight excluding hydrogens is 433 g/mol. The molecule has 166 valence electrons. The average molecular weight is 456 g/mol. The first-order chi connectivity index (χ1) is 15.4. The molecule has 1 saturated carbocycles. The minimum Gasteiger partial charge on any atom is -0.496 e. The van der Waals surface area contributed by atoms with Crippen molar-refractivity contribution in [3.05, 3.63) is 89.7 Å². The van der Waals surface area contributed by atoms with Crippen molar-refractivity contribution in [1.29, 1.82) is 0 Å². The predicted molar refractivity (Wildman–Crippen MR) is 117 cm³/mol. The molecule has 0 heterocycles. The van der Waals surface area contributed by atoms with Crippen LogP contribution in [-0.4, -0.2) is 32.4 Å². The zero-order chi connectivity index (χ0) is 22.7. The third-order valence-electron chi connectivity index (χ3n) is 5.15. The van der Waals surface area contributed by atoms with Gasteiger partial charge in [0.1, 0.15) is 22.2 Å². The Hall–Kier alpha value is -3.39. The van der Waals surface area contributed by atoms with E-state index < -0.39 is 15.9 Å². The number of carbonyl (C=O) groups is 1. The fourth-order valence-electron chi connectivity index (χ4n) is 3.40. The predicted octanol–water partition coefficient (Wildman–Crippen LogP) is 4.41. The van der Waals surface area contributed by atoms with Crippen molar-refractivity contribution in [1.82, 2.24) is 4.90 Å². The van der Waals surface area contributed by atoms with Crippen molar-refractivity contribution in [3.63, 3.8) is 0 Å². The molecule has 0 aliphatic heterocycles. The Labute approximate surface area is 186 Å². The van der Waals surface area contributed by atoms with E-state index in [4.69, 9.17) is 8.92 Å². The Balaban J connectivity index is 1.54. The van der Waals surface area contributed by atoms with E-state index >= 15 is 0 Å². The molecule has 1 fully saturated rings. The number of halogens is 1. The van der Waals surface area contributed by atoms with Crippen LogP contribution in [0.1, 0.15) is 28.8 Å². The molecule has 0 aromatic heterocycles. The molecule has 8 heteroatoms. The lowest BCUT2D eigenvalue weighted by Gasteiger charge is -2.24. The van der Waals surface area contributed by atoms with Crippen LogP contribution in [-0.2, 0) is 16.7 Å². The number of para-hydroxylation sites is 1. The lowest BCUT2D eigenvalue weighted by molar-refractivity contribution is 0.0726. The molecular formula is C24H22FNO5S. The van der Waals surface area contributed by atoms with E-state index in [0.29, 0.717) is 17.9 Å². The highest BCUT2D eigenvalue weighted by molar-refractivity contribution is 7.87. The van der Waals surface area contributed by atoms with Gasteiger partial charge < -0.3 is 13.8 Å². The largest absolute Gasteiger partial charge is 0.496 e. The summed E-state index contributed by atoms with van der Waals surface area (Å²) in [7, 11) is -2.59. The highest BCUT2D eigenvalue weighted by atomic mass is 32.2. The maximum atomic E-state index is 13.2. The third kappa shape index (κ3) is 4.91. The van der Waals surface area contributed by atoms with E-state index in [-0.39, 0.29) is 22.6 Å². The molecule has 0 bridgehead atoms. The smallest absolute Gasteiger partial charge is 0.339 e. The van der Waals surface area contributed by atoms with Crippen LogP contribution in [0.25, 0.3) is 0 Å². The van der Waals surface area contributed by atoms with Crippen molar-refractivity contribution >= 4 is 16.0 Å². The maximum absolute atomic E-state index is 13.2. The summed E-state index contributed by atoms with van der Waals surface area (Å²) >= 11 is 0.